The normalized spacial score (nSPS) is 11.0. The molecule has 0 amide bonds. The summed E-state index contributed by atoms with van der Waals surface area (Å²) in [6, 6.07) is 17.5. The molecule has 0 bridgehead atoms. The third kappa shape index (κ3) is 12.9. The first-order chi connectivity index (χ1) is 16.8. The summed E-state index contributed by atoms with van der Waals surface area (Å²) in [7, 11) is 0. The van der Waals surface area contributed by atoms with E-state index >= 15 is 0 Å². The predicted molar refractivity (Wildman–Crippen MR) is 142 cm³/mol. The van der Waals surface area contributed by atoms with Gasteiger partial charge in [-0.3, -0.25) is 4.89 Å². The lowest BCUT2D eigenvalue weighted by Crippen LogP contribution is -2.07. The van der Waals surface area contributed by atoms with Crippen LogP contribution in [0.1, 0.15) is 113 Å². The van der Waals surface area contributed by atoms with Crippen molar-refractivity contribution in [1.29, 1.82) is 0 Å². The summed E-state index contributed by atoms with van der Waals surface area (Å²) in [4.78, 5) is 22.2. The molecule has 0 spiro atoms. The van der Waals surface area contributed by atoms with E-state index in [9.17, 15) is 4.79 Å². The SMILES string of the molecule is [CH2]CCCCCCCCCCCCCCCCCOOC(=O)c1ccc(-c2ccccc2)cc1. The standard InChI is InChI=1S/C31H45O3/c1-2-3-4-5-6-7-8-9-10-11-12-13-14-15-16-20-27-33-34-31(32)30-25-23-29(24-26-30)28-21-18-17-19-22-28/h17-19,21-26H,1-16,20,27H2. The van der Waals surface area contributed by atoms with E-state index in [0.29, 0.717) is 12.2 Å². The fourth-order valence-corrected chi connectivity index (χ4v) is 4.21. The van der Waals surface area contributed by atoms with Gasteiger partial charge in [0, 0.05) is 0 Å². The lowest BCUT2D eigenvalue weighted by Gasteiger charge is -2.06. The molecule has 187 valence electrons. The van der Waals surface area contributed by atoms with Gasteiger partial charge >= 0.3 is 5.97 Å². The lowest BCUT2D eigenvalue weighted by molar-refractivity contribution is -0.241. The molecule has 0 N–H and O–H groups in total. The van der Waals surface area contributed by atoms with E-state index in [-0.39, 0.29) is 0 Å². The van der Waals surface area contributed by atoms with E-state index < -0.39 is 5.97 Å². The van der Waals surface area contributed by atoms with Crippen LogP contribution in [0.15, 0.2) is 54.6 Å². The highest BCUT2D eigenvalue weighted by atomic mass is 17.2. The van der Waals surface area contributed by atoms with E-state index in [1.54, 1.807) is 12.1 Å². The first-order valence-corrected chi connectivity index (χ1v) is 13.6. The van der Waals surface area contributed by atoms with Crippen LogP contribution in [0.2, 0.25) is 0 Å². The Bertz CT molecular complexity index is 739. The van der Waals surface area contributed by atoms with Gasteiger partial charge in [0.05, 0.1) is 12.2 Å². The first-order valence-electron chi connectivity index (χ1n) is 13.6. The molecule has 34 heavy (non-hydrogen) atoms. The number of hydrogen-bond donors (Lipinski definition) is 0. The molecule has 2 rings (SSSR count). The quantitative estimate of drug-likeness (QED) is 0.111. The number of rotatable bonds is 20. The van der Waals surface area contributed by atoms with Crippen molar-refractivity contribution < 1.29 is 14.6 Å². The maximum absolute atomic E-state index is 12.1. The molecule has 0 saturated heterocycles. The molecular formula is C31H45O3. The molecule has 3 nitrogen and oxygen atoms in total. The van der Waals surface area contributed by atoms with Gasteiger partial charge in [0.2, 0.25) is 0 Å². The van der Waals surface area contributed by atoms with Gasteiger partial charge in [-0.25, -0.2) is 4.79 Å². The third-order valence-electron chi connectivity index (χ3n) is 6.34. The number of carbonyl (C=O) groups is 1. The summed E-state index contributed by atoms with van der Waals surface area (Å²) in [5.41, 5.74) is 2.70. The third-order valence-corrected chi connectivity index (χ3v) is 6.34. The Morgan fingerprint density at radius 2 is 1.00 bits per heavy atom. The molecule has 0 heterocycles. The van der Waals surface area contributed by atoms with Crippen molar-refractivity contribution in [2.24, 2.45) is 0 Å². The summed E-state index contributed by atoms with van der Waals surface area (Å²) in [6.07, 6.45) is 20.8. The summed E-state index contributed by atoms with van der Waals surface area (Å²) in [5.74, 6) is -0.436. The summed E-state index contributed by atoms with van der Waals surface area (Å²) >= 11 is 0. The second-order valence-electron chi connectivity index (χ2n) is 9.29. The number of benzene rings is 2. The van der Waals surface area contributed by atoms with Crippen molar-refractivity contribution >= 4 is 5.97 Å². The van der Waals surface area contributed by atoms with Crippen LogP contribution in [0, 0.1) is 6.92 Å². The molecule has 0 aliphatic rings. The molecule has 0 fully saturated rings. The highest BCUT2D eigenvalue weighted by molar-refractivity contribution is 5.89. The van der Waals surface area contributed by atoms with Crippen LogP contribution in [0.3, 0.4) is 0 Å². The zero-order valence-corrected chi connectivity index (χ0v) is 21.1. The zero-order valence-electron chi connectivity index (χ0n) is 21.1. The Labute approximate surface area is 208 Å². The van der Waals surface area contributed by atoms with Gasteiger partial charge in [-0.05, 0) is 29.7 Å². The smallest absolute Gasteiger partial charge is 0.293 e. The van der Waals surface area contributed by atoms with Gasteiger partial charge in [0.15, 0.2) is 0 Å². The van der Waals surface area contributed by atoms with Crippen LogP contribution in [-0.4, -0.2) is 12.6 Å². The summed E-state index contributed by atoms with van der Waals surface area (Å²) in [5, 5.41) is 0. The second kappa shape index (κ2) is 19.2. The van der Waals surface area contributed by atoms with Crippen LogP contribution in [-0.2, 0) is 9.78 Å². The maximum Gasteiger partial charge on any atom is 0.373 e. The Morgan fingerprint density at radius 1 is 0.559 bits per heavy atom. The molecule has 0 unspecified atom stereocenters. The monoisotopic (exact) mass is 465 g/mol. The fraction of sp³-hybridized carbons (Fsp3) is 0.548. The molecule has 2 aromatic carbocycles. The van der Waals surface area contributed by atoms with E-state index in [2.05, 4.69) is 6.92 Å². The zero-order chi connectivity index (χ0) is 24.1. The first kappa shape index (κ1) is 28.1. The Morgan fingerprint density at radius 3 is 1.50 bits per heavy atom. The van der Waals surface area contributed by atoms with Crippen molar-refractivity contribution in [3.63, 3.8) is 0 Å². The van der Waals surface area contributed by atoms with Crippen LogP contribution in [0.4, 0.5) is 0 Å². The van der Waals surface area contributed by atoms with Crippen molar-refractivity contribution in [3.8, 4) is 11.1 Å². The van der Waals surface area contributed by atoms with Crippen LogP contribution in [0.25, 0.3) is 11.1 Å². The fourth-order valence-electron chi connectivity index (χ4n) is 4.21. The molecule has 0 atom stereocenters. The van der Waals surface area contributed by atoms with Gasteiger partial charge in [-0.15, -0.1) is 0 Å². The second-order valence-corrected chi connectivity index (χ2v) is 9.29. The number of unbranched alkanes of at least 4 members (excludes halogenated alkanes) is 15. The van der Waals surface area contributed by atoms with Crippen molar-refractivity contribution in [3.05, 3.63) is 67.1 Å². The van der Waals surface area contributed by atoms with Crippen molar-refractivity contribution in [2.75, 3.05) is 6.61 Å². The predicted octanol–water partition coefficient (Wildman–Crippen LogP) is 9.52. The summed E-state index contributed by atoms with van der Waals surface area (Å²) < 4.78 is 0. The van der Waals surface area contributed by atoms with Crippen LogP contribution >= 0.6 is 0 Å². The minimum Gasteiger partial charge on any atom is -0.293 e. The van der Waals surface area contributed by atoms with E-state index in [0.717, 1.165) is 30.4 Å². The highest BCUT2D eigenvalue weighted by Gasteiger charge is 2.08. The van der Waals surface area contributed by atoms with Crippen LogP contribution < -0.4 is 0 Å². The van der Waals surface area contributed by atoms with Gasteiger partial charge in [-0.2, -0.15) is 4.89 Å². The minimum atomic E-state index is -0.436. The Kier molecular flexibility index (Phi) is 15.9. The number of carbonyl (C=O) groups excluding carboxylic acids is 1. The Balaban J connectivity index is 1.37. The average Bonchev–Trinajstić information content (AvgIpc) is 2.88. The van der Waals surface area contributed by atoms with E-state index in [1.807, 2.05) is 42.5 Å². The van der Waals surface area contributed by atoms with Gasteiger partial charge in [0.25, 0.3) is 0 Å². The average molecular weight is 466 g/mol. The Hall–Kier alpha value is -2.13. The van der Waals surface area contributed by atoms with E-state index in [4.69, 9.17) is 9.78 Å². The van der Waals surface area contributed by atoms with Gasteiger partial charge in [-0.1, -0.05) is 146 Å². The molecular weight excluding hydrogens is 420 g/mol. The summed E-state index contributed by atoms with van der Waals surface area (Å²) in [6.45, 7) is 4.36. The molecule has 2 aromatic rings. The minimum absolute atomic E-state index is 0.436. The van der Waals surface area contributed by atoms with Crippen molar-refractivity contribution in [1.82, 2.24) is 0 Å². The van der Waals surface area contributed by atoms with Gasteiger partial charge in [0.1, 0.15) is 0 Å². The lowest BCUT2D eigenvalue weighted by atomic mass is 10.0. The molecule has 1 radical (unpaired) electrons. The molecule has 3 heteroatoms. The molecule has 0 aliphatic heterocycles. The molecule has 0 saturated carbocycles. The molecule has 0 aliphatic carbocycles. The topological polar surface area (TPSA) is 35.5 Å². The van der Waals surface area contributed by atoms with Crippen molar-refractivity contribution in [2.45, 2.75) is 103 Å². The number of hydrogen-bond acceptors (Lipinski definition) is 3. The maximum atomic E-state index is 12.1. The largest absolute Gasteiger partial charge is 0.373 e. The molecule has 0 aromatic heterocycles. The van der Waals surface area contributed by atoms with Gasteiger partial charge < -0.3 is 0 Å². The van der Waals surface area contributed by atoms with E-state index in [1.165, 1.54) is 83.5 Å². The highest BCUT2D eigenvalue weighted by Crippen LogP contribution is 2.19. The van der Waals surface area contributed by atoms with Crippen LogP contribution in [0.5, 0.6) is 0 Å².